The second kappa shape index (κ2) is 8.93. The molecule has 0 radical (unpaired) electrons. The zero-order valence-electron chi connectivity index (χ0n) is 17.5. The highest BCUT2D eigenvalue weighted by atomic mass is 35.5. The van der Waals surface area contributed by atoms with Gasteiger partial charge in [0.1, 0.15) is 11.6 Å². The molecule has 0 saturated carbocycles. The van der Waals surface area contributed by atoms with Gasteiger partial charge in [-0.2, -0.15) is 0 Å². The van der Waals surface area contributed by atoms with Gasteiger partial charge in [-0.3, -0.25) is 9.59 Å². The fourth-order valence-electron chi connectivity index (χ4n) is 3.65. The van der Waals surface area contributed by atoms with E-state index in [2.05, 4.69) is 9.97 Å². The summed E-state index contributed by atoms with van der Waals surface area (Å²) in [6, 6.07) is 6.27. The fraction of sp³-hybridized carbons (Fsp3) is 0.364. The quantitative estimate of drug-likeness (QED) is 0.432. The molecule has 1 aromatic carbocycles. The number of likely N-dealkylation sites (tertiary alicyclic amines) is 1. The van der Waals surface area contributed by atoms with Crippen molar-refractivity contribution in [2.24, 2.45) is 0 Å². The van der Waals surface area contributed by atoms with Gasteiger partial charge in [-0.05, 0) is 58.6 Å². The Labute approximate surface area is 181 Å². The molecule has 7 nitrogen and oxygen atoms in total. The van der Waals surface area contributed by atoms with Crippen LogP contribution in [0.5, 0.6) is 0 Å². The number of hydrogen-bond acceptors (Lipinski definition) is 6. The Morgan fingerprint density at radius 3 is 2.63 bits per heavy atom. The Morgan fingerprint density at radius 1 is 1.27 bits per heavy atom. The first-order valence-electron chi connectivity index (χ1n) is 9.70. The third-order valence-corrected chi connectivity index (χ3v) is 5.30. The average molecular weight is 429 g/mol. The van der Waals surface area contributed by atoms with Crippen molar-refractivity contribution in [2.45, 2.75) is 26.3 Å². The van der Waals surface area contributed by atoms with Gasteiger partial charge in [-0.15, -0.1) is 0 Å². The van der Waals surface area contributed by atoms with Gasteiger partial charge in [0, 0.05) is 17.8 Å². The van der Waals surface area contributed by atoms with Crippen molar-refractivity contribution in [1.29, 1.82) is 0 Å². The monoisotopic (exact) mass is 428 g/mol. The lowest BCUT2D eigenvalue weighted by atomic mass is 9.95. The van der Waals surface area contributed by atoms with Gasteiger partial charge < -0.3 is 14.9 Å². The van der Waals surface area contributed by atoms with Crippen molar-refractivity contribution in [3.63, 3.8) is 0 Å². The standard InChI is InChI=1S/C22H25ClN4O3/c1-13-17(12-24-14(2)25-13)20(28)18-19(15-7-5-8-16(23)11-15)27(22(30)21(18)29)10-6-9-26(3)4/h5,7-8,11-12,19,28H,6,9-10H2,1-4H3/t19-/m0/s1. The van der Waals surface area contributed by atoms with E-state index in [0.29, 0.717) is 40.6 Å². The number of rotatable bonds is 6. The molecule has 1 fully saturated rings. The normalized spacial score (nSPS) is 18.5. The van der Waals surface area contributed by atoms with Crippen LogP contribution in [0.1, 0.15) is 35.1 Å². The van der Waals surface area contributed by atoms with Gasteiger partial charge in [-0.25, -0.2) is 9.97 Å². The van der Waals surface area contributed by atoms with Crippen LogP contribution >= 0.6 is 11.6 Å². The van der Waals surface area contributed by atoms with Crippen molar-refractivity contribution >= 4 is 29.1 Å². The number of benzene rings is 1. The van der Waals surface area contributed by atoms with Crippen LogP contribution < -0.4 is 0 Å². The smallest absolute Gasteiger partial charge is 0.295 e. The van der Waals surface area contributed by atoms with Crippen LogP contribution in [0.15, 0.2) is 36.0 Å². The number of halogens is 1. The van der Waals surface area contributed by atoms with E-state index in [1.807, 2.05) is 19.0 Å². The minimum Gasteiger partial charge on any atom is -0.507 e. The summed E-state index contributed by atoms with van der Waals surface area (Å²) in [5.41, 5.74) is 1.56. The Hall–Kier alpha value is -2.77. The molecule has 1 amide bonds. The molecule has 0 unspecified atom stereocenters. The minimum absolute atomic E-state index is 0.0303. The molecule has 3 rings (SSSR count). The highest BCUT2D eigenvalue weighted by molar-refractivity contribution is 6.46. The molecular weight excluding hydrogens is 404 g/mol. The van der Waals surface area contributed by atoms with Crippen LogP contribution in [0.25, 0.3) is 5.76 Å². The van der Waals surface area contributed by atoms with Gasteiger partial charge in [0.15, 0.2) is 0 Å². The van der Waals surface area contributed by atoms with Gasteiger partial charge in [-0.1, -0.05) is 23.7 Å². The van der Waals surface area contributed by atoms with Gasteiger partial charge in [0.25, 0.3) is 11.7 Å². The van der Waals surface area contributed by atoms with Crippen LogP contribution in [0.3, 0.4) is 0 Å². The summed E-state index contributed by atoms with van der Waals surface area (Å²) < 4.78 is 0. The van der Waals surface area contributed by atoms with E-state index in [9.17, 15) is 14.7 Å². The van der Waals surface area contributed by atoms with Gasteiger partial charge in [0.2, 0.25) is 0 Å². The second-order valence-electron chi connectivity index (χ2n) is 7.62. The highest BCUT2D eigenvalue weighted by Gasteiger charge is 2.46. The van der Waals surface area contributed by atoms with E-state index in [1.54, 1.807) is 38.1 Å². The molecule has 1 N–H and O–H groups in total. The zero-order valence-corrected chi connectivity index (χ0v) is 18.3. The van der Waals surface area contributed by atoms with Crippen molar-refractivity contribution in [2.75, 3.05) is 27.2 Å². The number of hydrogen-bond donors (Lipinski definition) is 1. The van der Waals surface area contributed by atoms with Crippen LogP contribution in [-0.4, -0.2) is 63.7 Å². The van der Waals surface area contributed by atoms with Crippen LogP contribution in [0, 0.1) is 13.8 Å². The molecule has 2 aromatic rings. The molecule has 1 aromatic heterocycles. The third-order valence-electron chi connectivity index (χ3n) is 5.06. The molecular formula is C22H25ClN4O3. The Morgan fingerprint density at radius 2 is 2.00 bits per heavy atom. The minimum atomic E-state index is -0.730. The van der Waals surface area contributed by atoms with Gasteiger partial charge >= 0.3 is 0 Å². The average Bonchev–Trinajstić information content (AvgIpc) is 2.92. The topological polar surface area (TPSA) is 86.6 Å². The summed E-state index contributed by atoms with van der Waals surface area (Å²) in [4.78, 5) is 37.8. The lowest BCUT2D eigenvalue weighted by Crippen LogP contribution is -2.32. The van der Waals surface area contributed by atoms with Crippen molar-refractivity contribution in [3.8, 4) is 0 Å². The number of aryl methyl sites for hydroxylation is 2. The molecule has 1 aliphatic rings. The number of aromatic nitrogens is 2. The number of amides is 1. The lowest BCUT2D eigenvalue weighted by Gasteiger charge is -2.26. The summed E-state index contributed by atoms with van der Waals surface area (Å²) in [6.45, 7) is 4.61. The number of carbonyl (C=O) groups is 2. The summed E-state index contributed by atoms with van der Waals surface area (Å²) in [5, 5.41) is 11.6. The van der Waals surface area contributed by atoms with E-state index in [4.69, 9.17) is 11.6 Å². The van der Waals surface area contributed by atoms with E-state index >= 15 is 0 Å². The van der Waals surface area contributed by atoms with Crippen LogP contribution in [0.2, 0.25) is 5.02 Å². The molecule has 1 atom stereocenters. The molecule has 8 heteroatoms. The SMILES string of the molecule is Cc1ncc(C(O)=C2C(=O)C(=O)N(CCCN(C)C)[C@H]2c2cccc(Cl)c2)c(C)n1. The maximum absolute atomic E-state index is 13.0. The highest BCUT2D eigenvalue weighted by Crippen LogP contribution is 2.40. The first-order valence-corrected chi connectivity index (χ1v) is 10.1. The zero-order chi connectivity index (χ0) is 22.0. The maximum Gasteiger partial charge on any atom is 0.295 e. The summed E-state index contributed by atoms with van der Waals surface area (Å²) in [7, 11) is 3.89. The Bertz CT molecular complexity index is 1020. The molecule has 0 spiro atoms. The predicted octanol–water partition coefficient (Wildman–Crippen LogP) is 3.12. The van der Waals surface area contributed by atoms with Crippen LogP contribution in [-0.2, 0) is 9.59 Å². The number of aliphatic hydroxyl groups excluding tert-OH is 1. The largest absolute Gasteiger partial charge is 0.507 e. The first-order chi connectivity index (χ1) is 14.2. The number of Topliss-reactive ketones (excluding diaryl/α,β-unsaturated/α-hetero) is 1. The first kappa shape index (κ1) is 21.9. The lowest BCUT2D eigenvalue weighted by molar-refractivity contribution is -0.139. The number of aliphatic hydroxyl groups is 1. The Kier molecular flexibility index (Phi) is 6.53. The molecule has 0 aliphatic carbocycles. The molecule has 1 aliphatic heterocycles. The molecule has 0 bridgehead atoms. The van der Waals surface area contributed by atoms with Crippen LogP contribution in [0.4, 0.5) is 0 Å². The van der Waals surface area contributed by atoms with Crippen molar-refractivity contribution < 1.29 is 14.7 Å². The second-order valence-corrected chi connectivity index (χ2v) is 8.06. The summed E-state index contributed by atoms with van der Waals surface area (Å²) in [5.74, 6) is -1.07. The third kappa shape index (κ3) is 4.37. The predicted molar refractivity (Wildman–Crippen MR) is 115 cm³/mol. The van der Waals surface area contributed by atoms with E-state index in [0.717, 1.165) is 6.54 Å². The number of carbonyl (C=O) groups excluding carboxylic acids is 2. The van der Waals surface area contributed by atoms with E-state index in [1.165, 1.54) is 11.1 Å². The molecule has 30 heavy (non-hydrogen) atoms. The molecule has 158 valence electrons. The maximum atomic E-state index is 13.0. The molecule has 2 heterocycles. The summed E-state index contributed by atoms with van der Waals surface area (Å²) in [6.07, 6.45) is 2.16. The summed E-state index contributed by atoms with van der Waals surface area (Å²) >= 11 is 6.18. The van der Waals surface area contributed by atoms with Crippen molar-refractivity contribution in [1.82, 2.24) is 19.8 Å². The molecule has 1 saturated heterocycles. The van der Waals surface area contributed by atoms with E-state index in [-0.39, 0.29) is 11.3 Å². The Balaban J connectivity index is 2.13. The fourth-order valence-corrected chi connectivity index (χ4v) is 3.85. The van der Waals surface area contributed by atoms with E-state index < -0.39 is 17.7 Å². The number of nitrogens with zero attached hydrogens (tertiary/aromatic N) is 4. The van der Waals surface area contributed by atoms with Gasteiger partial charge in [0.05, 0.1) is 22.9 Å². The number of ketones is 1. The van der Waals surface area contributed by atoms with Crippen molar-refractivity contribution in [3.05, 3.63) is 63.7 Å².